The maximum atomic E-state index is 12.3. The fraction of sp³-hybridized carbons (Fsp3) is 0.353. The van der Waals surface area contributed by atoms with Gasteiger partial charge in [0.15, 0.2) is 6.10 Å². The number of ether oxygens (including phenoxy) is 1. The fourth-order valence-electron chi connectivity index (χ4n) is 2.56. The molecule has 1 aromatic heterocycles. The summed E-state index contributed by atoms with van der Waals surface area (Å²) in [6, 6.07) is 5.25. The number of rotatable bonds is 5. The summed E-state index contributed by atoms with van der Waals surface area (Å²) in [5.41, 5.74) is 7.42. The van der Waals surface area contributed by atoms with Gasteiger partial charge in [0.25, 0.3) is 11.8 Å². The van der Waals surface area contributed by atoms with Gasteiger partial charge in [-0.3, -0.25) is 9.59 Å². The van der Waals surface area contributed by atoms with Crippen molar-refractivity contribution in [2.24, 2.45) is 5.73 Å². The number of amides is 2. The Labute approximate surface area is 161 Å². The lowest BCUT2D eigenvalue weighted by Crippen LogP contribution is -2.36. The van der Waals surface area contributed by atoms with Crippen molar-refractivity contribution in [3.63, 3.8) is 0 Å². The minimum absolute atomic E-state index is 0. The van der Waals surface area contributed by atoms with Gasteiger partial charge in [0.2, 0.25) is 0 Å². The number of benzene rings is 1. The minimum Gasteiger partial charge on any atom is -0.478 e. The molecule has 0 aliphatic carbocycles. The smallest absolute Gasteiger partial charge is 0.271 e. The highest BCUT2D eigenvalue weighted by Gasteiger charge is 2.26. The molecular formula is C17H21ClN4O3S. The van der Waals surface area contributed by atoms with Crippen LogP contribution in [-0.4, -0.2) is 22.9 Å². The van der Waals surface area contributed by atoms with Crippen molar-refractivity contribution in [2.45, 2.75) is 39.0 Å². The van der Waals surface area contributed by atoms with Crippen LogP contribution in [0.3, 0.4) is 0 Å². The van der Waals surface area contributed by atoms with E-state index in [9.17, 15) is 9.59 Å². The zero-order valence-electron chi connectivity index (χ0n) is 14.4. The lowest BCUT2D eigenvalue weighted by atomic mass is 10.1. The van der Waals surface area contributed by atoms with Gasteiger partial charge >= 0.3 is 0 Å². The molecule has 140 valence electrons. The van der Waals surface area contributed by atoms with Crippen molar-refractivity contribution in [2.75, 3.05) is 5.32 Å². The van der Waals surface area contributed by atoms with Crippen LogP contribution in [0.1, 0.15) is 47.4 Å². The molecule has 3 rings (SSSR count). The average molecular weight is 397 g/mol. The van der Waals surface area contributed by atoms with Gasteiger partial charge in [-0.05, 0) is 31.0 Å². The van der Waals surface area contributed by atoms with Crippen molar-refractivity contribution >= 4 is 41.2 Å². The Bertz CT molecular complexity index is 811. The minimum atomic E-state index is -0.489. The molecule has 1 aliphatic heterocycles. The second kappa shape index (κ2) is 8.48. The van der Waals surface area contributed by atoms with E-state index < -0.39 is 6.10 Å². The molecule has 2 aromatic rings. The van der Waals surface area contributed by atoms with Gasteiger partial charge in [0.1, 0.15) is 16.5 Å². The molecule has 4 N–H and O–H groups in total. The number of aromatic nitrogens is 1. The van der Waals surface area contributed by atoms with Crippen molar-refractivity contribution in [1.82, 2.24) is 10.3 Å². The summed E-state index contributed by atoms with van der Waals surface area (Å²) >= 11 is 1.37. The third-order valence-corrected chi connectivity index (χ3v) is 4.87. The lowest BCUT2D eigenvalue weighted by molar-refractivity contribution is -0.123. The van der Waals surface area contributed by atoms with Crippen LogP contribution >= 0.6 is 23.7 Å². The van der Waals surface area contributed by atoms with E-state index in [1.165, 1.54) is 11.3 Å². The second-order valence-electron chi connectivity index (χ2n) is 5.79. The summed E-state index contributed by atoms with van der Waals surface area (Å²) < 4.78 is 5.74. The van der Waals surface area contributed by atoms with Crippen molar-refractivity contribution in [3.8, 4) is 5.75 Å². The lowest BCUT2D eigenvalue weighted by Gasteiger charge is -2.26. The molecular weight excluding hydrogens is 376 g/mol. The molecule has 1 aliphatic rings. The molecule has 1 aromatic carbocycles. The Hall–Kier alpha value is -2.16. The molecule has 7 nitrogen and oxygen atoms in total. The predicted octanol–water partition coefficient (Wildman–Crippen LogP) is 2.62. The normalized spacial score (nSPS) is 16.6. The average Bonchev–Trinajstić information content (AvgIpc) is 3.10. The fourth-order valence-corrected chi connectivity index (χ4v) is 3.22. The van der Waals surface area contributed by atoms with Gasteiger partial charge < -0.3 is 21.1 Å². The highest BCUT2D eigenvalue weighted by atomic mass is 35.5. The van der Waals surface area contributed by atoms with E-state index in [1.54, 1.807) is 11.4 Å². The monoisotopic (exact) mass is 396 g/mol. The van der Waals surface area contributed by atoms with Crippen LogP contribution in [0.15, 0.2) is 23.6 Å². The van der Waals surface area contributed by atoms with Crippen LogP contribution in [0.2, 0.25) is 0 Å². The maximum Gasteiger partial charge on any atom is 0.271 e. The first kappa shape index (κ1) is 20.2. The number of nitrogens with one attached hydrogen (secondary N) is 2. The number of hydrogen-bond acceptors (Lipinski definition) is 6. The Morgan fingerprint density at radius 2 is 2.27 bits per heavy atom. The van der Waals surface area contributed by atoms with Crippen LogP contribution in [0.25, 0.3) is 0 Å². The van der Waals surface area contributed by atoms with Crippen LogP contribution in [0.4, 0.5) is 5.69 Å². The highest BCUT2D eigenvalue weighted by molar-refractivity contribution is 7.09. The third kappa shape index (κ3) is 4.14. The van der Waals surface area contributed by atoms with E-state index in [-0.39, 0.29) is 30.3 Å². The second-order valence-corrected chi connectivity index (χ2v) is 6.73. The van der Waals surface area contributed by atoms with E-state index in [4.69, 9.17) is 10.5 Å². The Morgan fingerprint density at radius 1 is 1.50 bits per heavy atom. The highest BCUT2D eigenvalue weighted by Crippen LogP contribution is 2.33. The molecule has 2 heterocycles. The van der Waals surface area contributed by atoms with E-state index in [0.717, 1.165) is 10.6 Å². The summed E-state index contributed by atoms with van der Waals surface area (Å²) in [7, 11) is 0. The van der Waals surface area contributed by atoms with Gasteiger partial charge in [-0.25, -0.2) is 4.98 Å². The van der Waals surface area contributed by atoms with Gasteiger partial charge in [-0.2, -0.15) is 0 Å². The molecule has 26 heavy (non-hydrogen) atoms. The molecule has 0 radical (unpaired) electrons. The van der Waals surface area contributed by atoms with E-state index in [0.29, 0.717) is 30.1 Å². The van der Waals surface area contributed by atoms with Crippen molar-refractivity contribution in [1.29, 1.82) is 0 Å². The number of nitrogens with zero attached hydrogens (tertiary/aromatic N) is 1. The number of halogens is 1. The van der Waals surface area contributed by atoms with E-state index >= 15 is 0 Å². The Morgan fingerprint density at radius 3 is 2.92 bits per heavy atom. The molecule has 0 fully saturated rings. The first-order chi connectivity index (χ1) is 12.0. The van der Waals surface area contributed by atoms with Crippen LogP contribution in [-0.2, 0) is 11.3 Å². The molecule has 0 bridgehead atoms. The first-order valence-corrected chi connectivity index (χ1v) is 8.96. The summed E-state index contributed by atoms with van der Waals surface area (Å²) in [5, 5.41) is 8.16. The molecule has 2 amide bonds. The molecule has 2 atom stereocenters. The summed E-state index contributed by atoms with van der Waals surface area (Å²) in [5.74, 6) is 0.231. The molecule has 0 spiro atoms. The Kier molecular flexibility index (Phi) is 6.57. The maximum absolute atomic E-state index is 12.3. The predicted molar refractivity (Wildman–Crippen MR) is 103 cm³/mol. The van der Waals surface area contributed by atoms with E-state index in [1.807, 2.05) is 26.0 Å². The van der Waals surface area contributed by atoms with Gasteiger partial charge in [-0.1, -0.05) is 13.0 Å². The number of nitrogens with two attached hydrogens (primary N) is 1. The standard InChI is InChI=1S/C17H20N4O3S.ClH/c1-3-13-17(23)21-11-5-4-10(6-14(11)24-13)9(2)19-16(22)12-8-25-15(7-18)20-12;/h4-6,8-9,13H,3,7,18H2,1-2H3,(H,19,22)(H,21,23);1H. The zero-order valence-corrected chi connectivity index (χ0v) is 16.1. The zero-order chi connectivity index (χ0) is 18.0. The summed E-state index contributed by atoms with van der Waals surface area (Å²) in [4.78, 5) is 28.3. The molecule has 9 heteroatoms. The van der Waals surface area contributed by atoms with Gasteiger partial charge in [0.05, 0.1) is 11.7 Å². The van der Waals surface area contributed by atoms with Crippen molar-refractivity contribution in [3.05, 3.63) is 39.8 Å². The molecule has 2 unspecified atom stereocenters. The SMILES string of the molecule is CCC1Oc2cc(C(C)NC(=O)c3csc(CN)n3)ccc2NC1=O.Cl. The Balaban J connectivity index is 0.00000243. The third-order valence-electron chi connectivity index (χ3n) is 4.00. The summed E-state index contributed by atoms with van der Waals surface area (Å²) in [6.45, 7) is 4.10. The van der Waals surface area contributed by atoms with Crippen LogP contribution in [0.5, 0.6) is 5.75 Å². The topological polar surface area (TPSA) is 106 Å². The van der Waals surface area contributed by atoms with Gasteiger partial charge in [-0.15, -0.1) is 23.7 Å². The first-order valence-electron chi connectivity index (χ1n) is 8.08. The number of carbonyl (C=O) groups is 2. The molecule has 0 saturated carbocycles. The molecule has 0 saturated heterocycles. The summed E-state index contributed by atoms with van der Waals surface area (Å²) in [6.07, 6.45) is 0.104. The number of anilines is 1. The largest absolute Gasteiger partial charge is 0.478 e. The van der Waals surface area contributed by atoms with Gasteiger partial charge in [0, 0.05) is 11.9 Å². The van der Waals surface area contributed by atoms with Crippen molar-refractivity contribution < 1.29 is 14.3 Å². The quantitative estimate of drug-likeness (QED) is 0.720. The van der Waals surface area contributed by atoms with E-state index in [2.05, 4.69) is 15.6 Å². The van der Waals surface area contributed by atoms with Crippen LogP contribution in [0, 0.1) is 0 Å². The number of thiazole rings is 1. The number of fused-ring (bicyclic) bond motifs is 1. The number of carbonyl (C=O) groups excluding carboxylic acids is 2. The number of hydrogen-bond donors (Lipinski definition) is 3. The van der Waals surface area contributed by atoms with Crippen LogP contribution < -0.4 is 21.1 Å².